The Bertz CT molecular complexity index is 527. The summed E-state index contributed by atoms with van der Waals surface area (Å²) in [6.07, 6.45) is 2.93. The van der Waals surface area contributed by atoms with Gasteiger partial charge in [-0.1, -0.05) is 12.1 Å². The van der Waals surface area contributed by atoms with Crippen LogP contribution >= 0.6 is 0 Å². The van der Waals surface area contributed by atoms with Crippen molar-refractivity contribution in [3.63, 3.8) is 0 Å². The van der Waals surface area contributed by atoms with E-state index in [2.05, 4.69) is 29.4 Å². The second-order valence-corrected chi connectivity index (χ2v) is 4.55. The van der Waals surface area contributed by atoms with Crippen molar-refractivity contribution in [1.29, 1.82) is 0 Å². The Morgan fingerprint density at radius 2 is 2.06 bits per heavy atom. The lowest BCUT2D eigenvalue weighted by molar-refractivity contribution is 0.390. The van der Waals surface area contributed by atoms with E-state index in [1.807, 2.05) is 24.9 Å². The molecule has 0 aliphatic carbocycles. The molecule has 0 fully saturated rings. The zero-order valence-electron chi connectivity index (χ0n) is 11.4. The lowest BCUT2D eigenvalue weighted by Gasteiger charge is -2.03. The van der Waals surface area contributed by atoms with Crippen molar-refractivity contribution in [3.05, 3.63) is 34.5 Å². The van der Waals surface area contributed by atoms with Crippen LogP contribution in [0.1, 0.15) is 35.2 Å². The predicted molar refractivity (Wildman–Crippen MR) is 69.1 cm³/mol. The maximum atomic E-state index is 5.21. The highest BCUT2D eigenvalue weighted by Crippen LogP contribution is 2.14. The van der Waals surface area contributed by atoms with Gasteiger partial charge in [0.2, 0.25) is 0 Å². The molecule has 2 aromatic heterocycles. The maximum absolute atomic E-state index is 5.21. The molecule has 2 rings (SSSR count). The molecule has 0 aliphatic rings. The minimum absolute atomic E-state index is 0.764. The van der Waals surface area contributed by atoms with Gasteiger partial charge in [-0.15, -0.1) is 0 Å². The fourth-order valence-corrected chi connectivity index (χ4v) is 2.07. The molecule has 1 N–H and O–H groups in total. The highest BCUT2D eigenvalue weighted by molar-refractivity contribution is 5.22. The first kappa shape index (κ1) is 12.8. The Morgan fingerprint density at radius 1 is 1.28 bits per heavy atom. The second-order valence-electron chi connectivity index (χ2n) is 4.55. The summed E-state index contributed by atoms with van der Waals surface area (Å²) in [5, 5.41) is 11.9. The average molecular weight is 248 g/mol. The first-order valence-electron chi connectivity index (χ1n) is 6.25. The Balaban J connectivity index is 1.96. The molecular weight excluding hydrogens is 228 g/mol. The summed E-state index contributed by atoms with van der Waals surface area (Å²) >= 11 is 0. The molecule has 18 heavy (non-hydrogen) atoms. The molecular formula is C13H20N4O. The summed E-state index contributed by atoms with van der Waals surface area (Å²) in [6.45, 7) is 7.65. The van der Waals surface area contributed by atoms with Gasteiger partial charge in [-0.3, -0.25) is 4.68 Å². The van der Waals surface area contributed by atoms with Crippen molar-refractivity contribution >= 4 is 0 Å². The third kappa shape index (κ3) is 2.61. The molecule has 2 aromatic rings. The molecule has 0 unspecified atom stereocenters. The van der Waals surface area contributed by atoms with Crippen molar-refractivity contribution in [3.8, 4) is 0 Å². The van der Waals surface area contributed by atoms with E-state index in [-0.39, 0.29) is 0 Å². The van der Waals surface area contributed by atoms with Gasteiger partial charge in [0.15, 0.2) is 0 Å². The van der Waals surface area contributed by atoms with Crippen LogP contribution < -0.4 is 5.32 Å². The van der Waals surface area contributed by atoms with E-state index in [4.69, 9.17) is 4.52 Å². The molecule has 0 spiro atoms. The van der Waals surface area contributed by atoms with E-state index in [1.54, 1.807) is 0 Å². The first-order chi connectivity index (χ1) is 8.61. The third-order valence-electron chi connectivity index (χ3n) is 3.11. The predicted octanol–water partition coefficient (Wildman–Crippen LogP) is 1.88. The van der Waals surface area contributed by atoms with Gasteiger partial charge in [-0.25, -0.2) is 0 Å². The Hall–Kier alpha value is -1.62. The second kappa shape index (κ2) is 5.35. The molecule has 0 bridgehead atoms. The van der Waals surface area contributed by atoms with Gasteiger partial charge in [0.1, 0.15) is 5.76 Å². The highest BCUT2D eigenvalue weighted by atomic mass is 16.5. The smallest absolute Gasteiger partial charge is 0.138 e. The number of nitrogens with zero attached hydrogens (tertiary/aromatic N) is 3. The van der Waals surface area contributed by atoms with Crippen LogP contribution in [0, 0.1) is 13.8 Å². The van der Waals surface area contributed by atoms with Crippen molar-refractivity contribution in [2.75, 3.05) is 0 Å². The van der Waals surface area contributed by atoms with E-state index in [0.29, 0.717) is 0 Å². The molecule has 0 radical (unpaired) electrons. The Labute approximate surface area is 107 Å². The number of aromatic nitrogens is 3. The van der Waals surface area contributed by atoms with Crippen molar-refractivity contribution in [1.82, 2.24) is 20.3 Å². The molecule has 0 saturated heterocycles. The summed E-state index contributed by atoms with van der Waals surface area (Å²) < 4.78 is 7.05. The normalized spacial score (nSPS) is 11.1. The fraction of sp³-hybridized carbons (Fsp3) is 0.538. The molecule has 0 atom stereocenters. The monoisotopic (exact) mass is 248 g/mol. The highest BCUT2D eigenvalue weighted by Gasteiger charge is 2.11. The lowest BCUT2D eigenvalue weighted by atomic mass is 10.1. The summed E-state index contributed by atoms with van der Waals surface area (Å²) in [5.74, 6) is 0.900. The van der Waals surface area contributed by atoms with Gasteiger partial charge >= 0.3 is 0 Å². The summed E-state index contributed by atoms with van der Waals surface area (Å²) in [6, 6.07) is 0. The van der Waals surface area contributed by atoms with Gasteiger partial charge in [-0.05, 0) is 25.8 Å². The van der Waals surface area contributed by atoms with Gasteiger partial charge in [0.05, 0.1) is 11.4 Å². The van der Waals surface area contributed by atoms with Crippen LogP contribution in [0.3, 0.4) is 0 Å². The van der Waals surface area contributed by atoms with E-state index in [9.17, 15) is 0 Å². The van der Waals surface area contributed by atoms with E-state index < -0.39 is 0 Å². The van der Waals surface area contributed by atoms with Crippen molar-refractivity contribution in [2.45, 2.75) is 40.3 Å². The summed E-state index contributed by atoms with van der Waals surface area (Å²) in [5.41, 5.74) is 4.51. The third-order valence-corrected chi connectivity index (χ3v) is 3.11. The van der Waals surface area contributed by atoms with Crippen LogP contribution in [-0.4, -0.2) is 14.9 Å². The number of hydrogen-bond acceptors (Lipinski definition) is 4. The number of nitrogens with one attached hydrogen (secondary N) is 1. The quantitative estimate of drug-likeness (QED) is 0.877. The fourth-order valence-electron chi connectivity index (χ4n) is 2.07. The SMILES string of the molecule is CCc1noc(C)c1CNCc1nn(C)cc1C. The molecule has 0 aromatic carbocycles. The zero-order valence-corrected chi connectivity index (χ0v) is 11.4. The summed E-state index contributed by atoms with van der Waals surface area (Å²) in [4.78, 5) is 0. The molecule has 0 amide bonds. The van der Waals surface area contributed by atoms with Crippen LogP contribution in [0.2, 0.25) is 0 Å². The van der Waals surface area contributed by atoms with E-state index in [0.717, 1.165) is 36.7 Å². The molecule has 5 nitrogen and oxygen atoms in total. The van der Waals surface area contributed by atoms with Crippen LogP contribution in [0.25, 0.3) is 0 Å². The van der Waals surface area contributed by atoms with E-state index in [1.165, 1.54) is 11.1 Å². The maximum Gasteiger partial charge on any atom is 0.138 e. The topological polar surface area (TPSA) is 55.9 Å². The Morgan fingerprint density at radius 3 is 2.67 bits per heavy atom. The standard InChI is InChI=1S/C13H20N4O/c1-5-12-11(10(3)18-16-12)6-14-7-13-9(2)8-17(4)15-13/h8,14H,5-7H2,1-4H3. The van der Waals surface area contributed by atoms with Gasteiger partial charge in [-0.2, -0.15) is 5.10 Å². The average Bonchev–Trinajstić information content (AvgIpc) is 2.83. The van der Waals surface area contributed by atoms with Crippen molar-refractivity contribution in [2.24, 2.45) is 7.05 Å². The largest absolute Gasteiger partial charge is 0.361 e. The number of aryl methyl sites for hydroxylation is 4. The number of hydrogen-bond donors (Lipinski definition) is 1. The number of rotatable bonds is 5. The Kier molecular flexibility index (Phi) is 3.81. The molecule has 2 heterocycles. The minimum Gasteiger partial charge on any atom is -0.361 e. The van der Waals surface area contributed by atoms with Crippen LogP contribution in [0.4, 0.5) is 0 Å². The molecule has 5 heteroatoms. The summed E-state index contributed by atoms with van der Waals surface area (Å²) in [7, 11) is 1.94. The van der Waals surface area contributed by atoms with Gasteiger partial charge in [0.25, 0.3) is 0 Å². The van der Waals surface area contributed by atoms with Gasteiger partial charge in [0, 0.05) is 31.9 Å². The van der Waals surface area contributed by atoms with Crippen LogP contribution in [0.5, 0.6) is 0 Å². The molecule has 0 aliphatic heterocycles. The zero-order chi connectivity index (χ0) is 13.1. The van der Waals surface area contributed by atoms with E-state index >= 15 is 0 Å². The van der Waals surface area contributed by atoms with Crippen molar-refractivity contribution < 1.29 is 4.52 Å². The van der Waals surface area contributed by atoms with Crippen LogP contribution in [0.15, 0.2) is 10.7 Å². The lowest BCUT2D eigenvalue weighted by Crippen LogP contribution is -2.15. The van der Waals surface area contributed by atoms with Gasteiger partial charge < -0.3 is 9.84 Å². The van der Waals surface area contributed by atoms with Crippen LogP contribution in [-0.2, 0) is 26.6 Å². The first-order valence-corrected chi connectivity index (χ1v) is 6.25. The minimum atomic E-state index is 0.764. The molecule has 0 saturated carbocycles. The molecule has 98 valence electrons.